The van der Waals surface area contributed by atoms with Gasteiger partial charge in [0.25, 0.3) is 0 Å². The molecule has 0 aliphatic rings. The first kappa shape index (κ1) is 14.7. The SMILES string of the molecule is Cc1nc(CCNc2cccc(OC(C)C)c2N)cs1. The Bertz CT molecular complexity index is 566. The number of hydrogen-bond acceptors (Lipinski definition) is 5. The van der Waals surface area contributed by atoms with Gasteiger partial charge in [0.2, 0.25) is 0 Å². The number of nitrogen functional groups attached to an aromatic ring is 1. The van der Waals surface area contributed by atoms with Crippen LogP contribution in [-0.4, -0.2) is 17.6 Å². The molecule has 0 aliphatic heterocycles. The number of thiazole rings is 1. The van der Waals surface area contributed by atoms with E-state index in [1.54, 1.807) is 11.3 Å². The van der Waals surface area contributed by atoms with Gasteiger partial charge in [0, 0.05) is 18.3 Å². The minimum atomic E-state index is 0.116. The highest BCUT2D eigenvalue weighted by Crippen LogP contribution is 2.30. The van der Waals surface area contributed by atoms with Crippen LogP contribution in [0.2, 0.25) is 0 Å². The molecule has 3 N–H and O–H groups in total. The number of para-hydroxylation sites is 1. The van der Waals surface area contributed by atoms with Crippen LogP contribution in [0.25, 0.3) is 0 Å². The summed E-state index contributed by atoms with van der Waals surface area (Å²) in [5.74, 6) is 0.731. The first-order chi connectivity index (χ1) is 9.56. The van der Waals surface area contributed by atoms with Crippen molar-refractivity contribution in [3.05, 3.63) is 34.3 Å². The fourth-order valence-electron chi connectivity index (χ4n) is 1.90. The molecule has 0 atom stereocenters. The fourth-order valence-corrected chi connectivity index (χ4v) is 2.55. The number of ether oxygens (including phenoxy) is 1. The first-order valence-corrected chi connectivity index (χ1v) is 7.64. The normalized spacial score (nSPS) is 10.8. The number of nitrogens with zero attached hydrogens (tertiary/aromatic N) is 1. The maximum Gasteiger partial charge on any atom is 0.144 e. The number of rotatable bonds is 6. The average molecular weight is 291 g/mol. The monoisotopic (exact) mass is 291 g/mol. The van der Waals surface area contributed by atoms with E-state index in [9.17, 15) is 0 Å². The molecule has 0 unspecified atom stereocenters. The Morgan fingerprint density at radius 1 is 1.40 bits per heavy atom. The number of nitrogens with one attached hydrogen (secondary N) is 1. The van der Waals surface area contributed by atoms with Crippen LogP contribution in [0.15, 0.2) is 23.6 Å². The maximum atomic E-state index is 6.11. The predicted molar refractivity (Wildman–Crippen MR) is 85.7 cm³/mol. The summed E-state index contributed by atoms with van der Waals surface area (Å²) in [6.07, 6.45) is 1.00. The Labute approximate surface area is 124 Å². The lowest BCUT2D eigenvalue weighted by atomic mass is 10.2. The van der Waals surface area contributed by atoms with E-state index >= 15 is 0 Å². The number of anilines is 2. The maximum absolute atomic E-state index is 6.11. The second kappa shape index (κ2) is 6.61. The highest BCUT2D eigenvalue weighted by molar-refractivity contribution is 7.09. The zero-order valence-corrected chi connectivity index (χ0v) is 13.0. The van der Waals surface area contributed by atoms with Crippen molar-refractivity contribution in [1.29, 1.82) is 0 Å². The fraction of sp³-hybridized carbons (Fsp3) is 0.400. The third kappa shape index (κ3) is 3.87. The van der Waals surface area contributed by atoms with Gasteiger partial charge in [0.05, 0.1) is 28.2 Å². The molecule has 1 aromatic carbocycles. The van der Waals surface area contributed by atoms with Crippen molar-refractivity contribution < 1.29 is 4.74 Å². The van der Waals surface area contributed by atoms with Crippen LogP contribution in [-0.2, 0) is 6.42 Å². The second-order valence-corrected chi connectivity index (χ2v) is 5.98. The van der Waals surface area contributed by atoms with Crippen molar-refractivity contribution in [3.8, 4) is 5.75 Å². The summed E-state index contributed by atoms with van der Waals surface area (Å²) >= 11 is 1.68. The highest BCUT2D eigenvalue weighted by atomic mass is 32.1. The van der Waals surface area contributed by atoms with E-state index < -0.39 is 0 Å². The summed E-state index contributed by atoms with van der Waals surface area (Å²) in [5, 5.41) is 6.54. The van der Waals surface area contributed by atoms with E-state index in [1.807, 2.05) is 39.0 Å². The van der Waals surface area contributed by atoms with Crippen LogP contribution in [0.4, 0.5) is 11.4 Å². The van der Waals surface area contributed by atoms with Gasteiger partial charge in [0.1, 0.15) is 5.75 Å². The van der Waals surface area contributed by atoms with Gasteiger partial charge in [-0.15, -0.1) is 11.3 Å². The number of nitrogens with two attached hydrogens (primary N) is 1. The van der Waals surface area contributed by atoms with Crippen LogP contribution in [0, 0.1) is 6.92 Å². The van der Waals surface area contributed by atoms with Gasteiger partial charge in [-0.25, -0.2) is 4.98 Å². The Kier molecular flexibility index (Phi) is 4.84. The molecule has 0 aliphatic carbocycles. The topological polar surface area (TPSA) is 60.2 Å². The Balaban J connectivity index is 1.95. The van der Waals surface area contributed by atoms with Gasteiger partial charge in [-0.1, -0.05) is 6.07 Å². The second-order valence-electron chi connectivity index (χ2n) is 4.92. The average Bonchev–Trinajstić information content (AvgIpc) is 2.79. The van der Waals surface area contributed by atoms with E-state index in [1.165, 1.54) is 0 Å². The molecular weight excluding hydrogens is 270 g/mol. The van der Waals surface area contributed by atoms with Crippen LogP contribution in [0.3, 0.4) is 0 Å². The number of aromatic nitrogens is 1. The number of hydrogen-bond donors (Lipinski definition) is 2. The molecule has 2 rings (SSSR count). The van der Waals surface area contributed by atoms with Crippen molar-refractivity contribution in [2.75, 3.05) is 17.6 Å². The molecule has 0 spiro atoms. The molecule has 1 aromatic heterocycles. The summed E-state index contributed by atoms with van der Waals surface area (Å²) in [7, 11) is 0. The highest BCUT2D eigenvalue weighted by Gasteiger charge is 2.07. The lowest BCUT2D eigenvalue weighted by Gasteiger charge is -2.15. The lowest BCUT2D eigenvalue weighted by molar-refractivity contribution is 0.244. The smallest absolute Gasteiger partial charge is 0.144 e. The zero-order valence-electron chi connectivity index (χ0n) is 12.1. The van der Waals surface area contributed by atoms with E-state index in [4.69, 9.17) is 10.5 Å². The summed E-state index contributed by atoms with van der Waals surface area (Å²) < 4.78 is 5.68. The number of aryl methyl sites for hydroxylation is 1. The molecule has 0 amide bonds. The molecular formula is C15H21N3OS. The van der Waals surface area contributed by atoms with Gasteiger partial charge in [-0.2, -0.15) is 0 Å². The first-order valence-electron chi connectivity index (χ1n) is 6.76. The van der Waals surface area contributed by atoms with Gasteiger partial charge in [-0.3, -0.25) is 0 Å². The van der Waals surface area contributed by atoms with Crippen molar-refractivity contribution in [3.63, 3.8) is 0 Å². The third-order valence-corrected chi connectivity index (χ3v) is 3.61. The van der Waals surface area contributed by atoms with Crippen LogP contribution in [0.1, 0.15) is 24.5 Å². The standard InChI is InChI=1S/C15H21N3OS/c1-10(2)19-14-6-4-5-13(15(14)16)17-8-7-12-9-20-11(3)18-12/h4-6,9-10,17H,7-8,16H2,1-3H3. The molecule has 4 nitrogen and oxygen atoms in total. The molecule has 0 radical (unpaired) electrons. The summed E-state index contributed by atoms with van der Waals surface area (Å²) in [5.41, 5.74) is 8.81. The minimum Gasteiger partial charge on any atom is -0.489 e. The van der Waals surface area contributed by atoms with Crippen LogP contribution >= 0.6 is 11.3 Å². The van der Waals surface area contributed by atoms with Crippen molar-refractivity contribution >= 4 is 22.7 Å². The summed E-state index contributed by atoms with van der Waals surface area (Å²) in [6, 6.07) is 5.81. The minimum absolute atomic E-state index is 0.116. The quantitative estimate of drug-likeness (QED) is 0.800. The Hall–Kier alpha value is -1.75. The molecule has 20 heavy (non-hydrogen) atoms. The van der Waals surface area contributed by atoms with Crippen LogP contribution < -0.4 is 15.8 Å². The van der Waals surface area contributed by atoms with E-state index in [-0.39, 0.29) is 6.10 Å². The summed E-state index contributed by atoms with van der Waals surface area (Å²) in [4.78, 5) is 4.44. The molecule has 0 bridgehead atoms. The molecule has 1 heterocycles. The third-order valence-electron chi connectivity index (χ3n) is 2.79. The molecule has 0 saturated carbocycles. The molecule has 108 valence electrons. The van der Waals surface area contributed by atoms with Gasteiger partial charge in [0.15, 0.2) is 0 Å². The van der Waals surface area contributed by atoms with Crippen LogP contribution in [0.5, 0.6) is 5.75 Å². The predicted octanol–water partition coefficient (Wildman–Crippen LogP) is 3.48. The largest absolute Gasteiger partial charge is 0.489 e. The molecule has 5 heteroatoms. The molecule has 2 aromatic rings. The van der Waals surface area contributed by atoms with E-state index in [0.717, 1.165) is 35.1 Å². The van der Waals surface area contributed by atoms with Crippen molar-refractivity contribution in [2.45, 2.75) is 33.3 Å². The molecule has 0 saturated heterocycles. The van der Waals surface area contributed by atoms with E-state index in [0.29, 0.717) is 5.69 Å². The van der Waals surface area contributed by atoms with Gasteiger partial charge >= 0.3 is 0 Å². The van der Waals surface area contributed by atoms with Crippen molar-refractivity contribution in [2.24, 2.45) is 0 Å². The van der Waals surface area contributed by atoms with Crippen molar-refractivity contribution in [1.82, 2.24) is 4.98 Å². The van der Waals surface area contributed by atoms with Gasteiger partial charge in [-0.05, 0) is 32.9 Å². The summed E-state index contributed by atoms with van der Waals surface area (Å²) in [6.45, 7) is 6.80. The lowest BCUT2D eigenvalue weighted by Crippen LogP contribution is -2.10. The zero-order chi connectivity index (χ0) is 14.5. The van der Waals surface area contributed by atoms with Gasteiger partial charge < -0.3 is 15.8 Å². The molecule has 0 fully saturated rings. The Morgan fingerprint density at radius 3 is 2.85 bits per heavy atom. The number of benzene rings is 1. The van der Waals surface area contributed by atoms with E-state index in [2.05, 4.69) is 15.7 Å². The Morgan fingerprint density at radius 2 is 2.20 bits per heavy atom.